The molecule has 19 heavy (non-hydrogen) atoms. The van der Waals surface area contributed by atoms with Crippen molar-refractivity contribution < 1.29 is 0 Å². The van der Waals surface area contributed by atoms with E-state index < -0.39 is 0 Å². The van der Waals surface area contributed by atoms with Gasteiger partial charge in [-0.1, -0.05) is 38.1 Å². The van der Waals surface area contributed by atoms with Crippen LogP contribution in [0.25, 0.3) is 0 Å². The second-order valence-electron chi connectivity index (χ2n) is 5.48. The second-order valence-corrected chi connectivity index (χ2v) is 6.65. The minimum atomic E-state index is 0.604. The van der Waals surface area contributed by atoms with Crippen LogP contribution in [-0.4, -0.2) is 11.5 Å². The smallest absolute Gasteiger partial charge is 0.0975 e. The van der Waals surface area contributed by atoms with Crippen molar-refractivity contribution in [3.8, 4) is 0 Å². The van der Waals surface area contributed by atoms with Gasteiger partial charge in [-0.15, -0.1) is 11.3 Å². The molecule has 0 atom stereocenters. The Morgan fingerprint density at radius 1 is 1.26 bits per heavy atom. The van der Waals surface area contributed by atoms with Gasteiger partial charge in [0.1, 0.15) is 0 Å². The Balaban J connectivity index is 1.75. The predicted octanol–water partition coefficient (Wildman–Crippen LogP) is 3.50. The van der Waals surface area contributed by atoms with Gasteiger partial charge in [0.15, 0.2) is 0 Å². The summed E-state index contributed by atoms with van der Waals surface area (Å²) in [7, 11) is 0. The van der Waals surface area contributed by atoms with Crippen LogP contribution in [0, 0.1) is 0 Å². The van der Waals surface area contributed by atoms with Gasteiger partial charge in [0, 0.05) is 30.8 Å². The van der Waals surface area contributed by atoms with Crippen molar-refractivity contribution in [1.82, 2.24) is 10.3 Å². The molecule has 0 fully saturated rings. The van der Waals surface area contributed by atoms with Gasteiger partial charge in [-0.3, -0.25) is 0 Å². The van der Waals surface area contributed by atoms with Crippen LogP contribution >= 0.6 is 11.3 Å². The van der Waals surface area contributed by atoms with E-state index in [2.05, 4.69) is 43.4 Å². The Morgan fingerprint density at radius 3 is 2.74 bits per heavy atom. The predicted molar refractivity (Wildman–Crippen MR) is 80.9 cm³/mol. The number of benzene rings is 1. The summed E-state index contributed by atoms with van der Waals surface area (Å²) < 4.78 is 0. The first kappa shape index (κ1) is 12.8. The molecule has 1 aromatic heterocycles. The molecule has 3 heteroatoms. The van der Waals surface area contributed by atoms with E-state index >= 15 is 0 Å². The summed E-state index contributed by atoms with van der Waals surface area (Å²) in [6.45, 7) is 6.53. The van der Waals surface area contributed by atoms with E-state index in [-0.39, 0.29) is 0 Å². The van der Waals surface area contributed by atoms with Crippen LogP contribution in [0.15, 0.2) is 24.3 Å². The van der Waals surface area contributed by atoms with E-state index in [4.69, 9.17) is 4.98 Å². The number of fused-ring (bicyclic) bond motifs is 1. The molecule has 0 bridgehead atoms. The number of hydrogen-bond acceptors (Lipinski definition) is 3. The van der Waals surface area contributed by atoms with Gasteiger partial charge < -0.3 is 5.32 Å². The van der Waals surface area contributed by atoms with E-state index in [1.165, 1.54) is 26.7 Å². The number of nitrogens with one attached hydrogen (secondary N) is 1. The maximum Gasteiger partial charge on any atom is 0.0975 e. The first-order valence-corrected chi connectivity index (χ1v) is 7.81. The van der Waals surface area contributed by atoms with Crippen LogP contribution in [0.3, 0.4) is 0 Å². The van der Waals surface area contributed by atoms with Crippen molar-refractivity contribution in [3.05, 3.63) is 51.0 Å². The van der Waals surface area contributed by atoms with Gasteiger partial charge in [-0.2, -0.15) is 0 Å². The summed E-state index contributed by atoms with van der Waals surface area (Å²) in [4.78, 5) is 6.21. The van der Waals surface area contributed by atoms with Gasteiger partial charge in [-0.25, -0.2) is 4.98 Å². The molecule has 3 rings (SSSR count). The first-order chi connectivity index (χ1) is 9.22. The Labute approximate surface area is 118 Å². The Bertz CT molecular complexity index is 531. The molecule has 100 valence electrons. The SMILES string of the molecule is CC(C)c1ccc(Cc2nc3c(s2)CNCC3)cc1. The molecule has 2 aromatic rings. The zero-order valence-electron chi connectivity index (χ0n) is 11.6. The number of thiazole rings is 1. The summed E-state index contributed by atoms with van der Waals surface area (Å²) in [6.07, 6.45) is 2.05. The third kappa shape index (κ3) is 2.88. The molecule has 0 aliphatic carbocycles. The van der Waals surface area contributed by atoms with Gasteiger partial charge in [0.05, 0.1) is 10.7 Å². The molecular formula is C16H20N2S. The average molecular weight is 272 g/mol. The highest BCUT2D eigenvalue weighted by Gasteiger charge is 2.14. The molecule has 0 radical (unpaired) electrons. The second kappa shape index (κ2) is 5.43. The highest BCUT2D eigenvalue weighted by Crippen LogP contribution is 2.24. The number of nitrogens with zero attached hydrogens (tertiary/aromatic N) is 1. The van der Waals surface area contributed by atoms with Crippen LogP contribution in [0.4, 0.5) is 0 Å². The highest BCUT2D eigenvalue weighted by molar-refractivity contribution is 7.11. The van der Waals surface area contributed by atoms with E-state index in [1.807, 2.05) is 11.3 Å². The summed E-state index contributed by atoms with van der Waals surface area (Å²) in [5.74, 6) is 0.604. The zero-order chi connectivity index (χ0) is 13.2. The van der Waals surface area contributed by atoms with Crippen LogP contribution in [0.2, 0.25) is 0 Å². The Hall–Kier alpha value is -1.19. The van der Waals surface area contributed by atoms with Crippen LogP contribution < -0.4 is 5.32 Å². The number of rotatable bonds is 3. The van der Waals surface area contributed by atoms with E-state index in [1.54, 1.807) is 0 Å². The molecule has 1 aliphatic heterocycles. The lowest BCUT2D eigenvalue weighted by atomic mass is 10.0. The largest absolute Gasteiger partial charge is 0.311 e. The molecule has 0 unspecified atom stereocenters. The topological polar surface area (TPSA) is 24.9 Å². The van der Waals surface area contributed by atoms with Crippen molar-refractivity contribution in [2.45, 2.75) is 39.2 Å². The minimum absolute atomic E-state index is 0.604. The van der Waals surface area contributed by atoms with E-state index in [0.29, 0.717) is 5.92 Å². The summed E-state index contributed by atoms with van der Waals surface area (Å²) in [5.41, 5.74) is 4.09. The van der Waals surface area contributed by atoms with Crippen molar-refractivity contribution in [1.29, 1.82) is 0 Å². The number of hydrogen-bond donors (Lipinski definition) is 1. The minimum Gasteiger partial charge on any atom is -0.311 e. The van der Waals surface area contributed by atoms with Gasteiger partial charge in [-0.05, 0) is 17.0 Å². The summed E-state index contributed by atoms with van der Waals surface area (Å²) >= 11 is 1.87. The van der Waals surface area contributed by atoms with Gasteiger partial charge in [0.25, 0.3) is 0 Å². The standard InChI is InChI=1S/C16H20N2S/c1-11(2)13-5-3-12(4-6-13)9-16-18-14-7-8-17-10-15(14)19-16/h3-6,11,17H,7-10H2,1-2H3. The summed E-state index contributed by atoms with van der Waals surface area (Å²) in [5, 5.41) is 4.66. The van der Waals surface area contributed by atoms with Crippen molar-refractivity contribution in [3.63, 3.8) is 0 Å². The lowest BCUT2D eigenvalue weighted by molar-refractivity contribution is 0.643. The molecule has 0 saturated heterocycles. The first-order valence-electron chi connectivity index (χ1n) is 6.99. The lowest BCUT2D eigenvalue weighted by Gasteiger charge is -2.09. The maximum absolute atomic E-state index is 4.78. The summed E-state index contributed by atoms with van der Waals surface area (Å²) in [6, 6.07) is 8.98. The zero-order valence-corrected chi connectivity index (χ0v) is 12.4. The molecule has 1 N–H and O–H groups in total. The van der Waals surface area contributed by atoms with Gasteiger partial charge >= 0.3 is 0 Å². The average Bonchev–Trinajstić information content (AvgIpc) is 2.81. The highest BCUT2D eigenvalue weighted by atomic mass is 32.1. The van der Waals surface area contributed by atoms with Crippen molar-refractivity contribution in [2.24, 2.45) is 0 Å². The fourth-order valence-corrected chi connectivity index (χ4v) is 3.57. The molecule has 1 aromatic carbocycles. The third-order valence-corrected chi connectivity index (χ3v) is 4.75. The molecule has 0 saturated carbocycles. The maximum atomic E-state index is 4.78. The van der Waals surface area contributed by atoms with E-state index in [9.17, 15) is 0 Å². The van der Waals surface area contributed by atoms with Crippen LogP contribution in [-0.2, 0) is 19.4 Å². The van der Waals surface area contributed by atoms with Crippen LogP contribution in [0.5, 0.6) is 0 Å². The fraction of sp³-hybridized carbons (Fsp3) is 0.438. The molecular weight excluding hydrogens is 252 g/mol. The molecule has 2 nitrogen and oxygen atoms in total. The van der Waals surface area contributed by atoms with Crippen molar-refractivity contribution in [2.75, 3.05) is 6.54 Å². The number of aromatic nitrogens is 1. The van der Waals surface area contributed by atoms with Gasteiger partial charge in [0.2, 0.25) is 0 Å². The lowest BCUT2D eigenvalue weighted by Crippen LogP contribution is -2.22. The van der Waals surface area contributed by atoms with Crippen molar-refractivity contribution >= 4 is 11.3 Å². The molecule has 0 amide bonds. The quantitative estimate of drug-likeness (QED) is 0.925. The Kier molecular flexibility index (Phi) is 3.67. The molecule has 0 spiro atoms. The van der Waals surface area contributed by atoms with Crippen LogP contribution in [0.1, 0.15) is 46.5 Å². The molecule has 2 heterocycles. The monoisotopic (exact) mass is 272 g/mol. The third-order valence-electron chi connectivity index (χ3n) is 3.65. The van der Waals surface area contributed by atoms with E-state index in [0.717, 1.165) is 25.9 Å². The Morgan fingerprint density at radius 2 is 2.05 bits per heavy atom. The molecule has 1 aliphatic rings. The normalized spacial score (nSPS) is 14.7. The fourth-order valence-electron chi connectivity index (χ4n) is 2.45.